The number of nitrogens with one attached hydrogen (secondary N) is 1. The van der Waals surface area contributed by atoms with Crippen molar-refractivity contribution in [3.63, 3.8) is 0 Å². The molecule has 1 atom stereocenters. The van der Waals surface area contributed by atoms with Crippen LogP contribution in [-0.4, -0.2) is 50.2 Å². The largest absolute Gasteiger partial charge is 0.469 e. The van der Waals surface area contributed by atoms with Crippen LogP contribution in [-0.2, 0) is 14.3 Å². The Morgan fingerprint density at radius 2 is 2.04 bits per heavy atom. The van der Waals surface area contributed by atoms with E-state index in [0.717, 1.165) is 6.42 Å². The second-order valence-electron chi connectivity index (χ2n) is 5.50. The average Bonchev–Trinajstić information content (AvgIpc) is 3.04. The third-order valence-corrected chi connectivity index (χ3v) is 4.20. The molecule has 2 amide bonds. The van der Waals surface area contributed by atoms with E-state index in [1.807, 2.05) is 0 Å². The van der Waals surface area contributed by atoms with Crippen LogP contribution in [0.25, 0.3) is 0 Å². The standard InChI is InChI=1S/C16H19ClN2O5/c1-23-14(20)7-10-5-6-19(9-10)16(22)18-13-4-3-11(8-12(13)17)15(21)24-2/h3-4,8,10H,5-7,9H2,1-2H3,(H,18,22). The Morgan fingerprint density at radius 1 is 1.29 bits per heavy atom. The molecule has 130 valence electrons. The SMILES string of the molecule is COC(=O)CC1CCN(C(=O)Nc2ccc(C(=O)OC)cc2Cl)C1. The van der Waals surface area contributed by atoms with Gasteiger partial charge in [-0.1, -0.05) is 11.6 Å². The number of amides is 2. The van der Waals surface area contributed by atoms with Crippen LogP contribution in [0.2, 0.25) is 5.02 Å². The number of urea groups is 1. The van der Waals surface area contributed by atoms with Crippen LogP contribution in [0.4, 0.5) is 10.5 Å². The van der Waals surface area contributed by atoms with Crippen LogP contribution in [0.15, 0.2) is 18.2 Å². The number of hydrogen-bond donors (Lipinski definition) is 1. The molecular weight excluding hydrogens is 336 g/mol. The number of nitrogens with zero attached hydrogens (tertiary/aromatic N) is 1. The molecule has 0 aliphatic carbocycles. The summed E-state index contributed by atoms with van der Waals surface area (Å²) in [5.74, 6) is -0.677. The van der Waals surface area contributed by atoms with Gasteiger partial charge < -0.3 is 19.7 Å². The zero-order valence-electron chi connectivity index (χ0n) is 13.5. The molecule has 1 aromatic rings. The van der Waals surface area contributed by atoms with Gasteiger partial charge >= 0.3 is 18.0 Å². The first-order valence-corrected chi connectivity index (χ1v) is 7.83. The van der Waals surface area contributed by atoms with E-state index in [9.17, 15) is 14.4 Å². The first kappa shape index (κ1) is 18.1. The van der Waals surface area contributed by atoms with Crippen molar-refractivity contribution in [3.05, 3.63) is 28.8 Å². The minimum atomic E-state index is -0.500. The third kappa shape index (κ3) is 4.38. The van der Waals surface area contributed by atoms with E-state index in [1.54, 1.807) is 11.0 Å². The second-order valence-corrected chi connectivity index (χ2v) is 5.90. The van der Waals surface area contributed by atoms with E-state index in [0.29, 0.717) is 30.8 Å². The van der Waals surface area contributed by atoms with Crippen molar-refractivity contribution in [1.82, 2.24) is 4.90 Å². The van der Waals surface area contributed by atoms with Crippen LogP contribution in [0.5, 0.6) is 0 Å². The molecule has 0 aromatic heterocycles. The van der Waals surface area contributed by atoms with Gasteiger partial charge in [-0.3, -0.25) is 4.79 Å². The Balaban J connectivity index is 1.95. The van der Waals surface area contributed by atoms with E-state index >= 15 is 0 Å². The van der Waals surface area contributed by atoms with E-state index < -0.39 is 5.97 Å². The van der Waals surface area contributed by atoms with Crippen molar-refractivity contribution in [1.29, 1.82) is 0 Å². The molecule has 1 aromatic carbocycles. The Bertz CT molecular complexity index is 649. The number of anilines is 1. The van der Waals surface area contributed by atoms with Gasteiger partial charge in [0.05, 0.1) is 36.9 Å². The topological polar surface area (TPSA) is 84.9 Å². The van der Waals surface area contributed by atoms with Crippen molar-refractivity contribution < 1.29 is 23.9 Å². The molecule has 0 bridgehead atoms. The molecule has 1 aliphatic heterocycles. The lowest BCUT2D eigenvalue weighted by atomic mass is 10.1. The summed E-state index contributed by atoms with van der Waals surface area (Å²) in [4.78, 5) is 36.7. The van der Waals surface area contributed by atoms with E-state index in [1.165, 1.54) is 26.4 Å². The molecule has 2 rings (SSSR count). The number of esters is 2. The summed E-state index contributed by atoms with van der Waals surface area (Å²) in [5, 5.41) is 2.96. The highest BCUT2D eigenvalue weighted by Gasteiger charge is 2.28. The first-order chi connectivity index (χ1) is 11.4. The fourth-order valence-electron chi connectivity index (χ4n) is 2.56. The van der Waals surface area contributed by atoms with E-state index in [4.69, 9.17) is 11.6 Å². The van der Waals surface area contributed by atoms with Crippen molar-refractivity contribution in [3.8, 4) is 0 Å². The fourth-order valence-corrected chi connectivity index (χ4v) is 2.79. The number of carbonyl (C=O) groups excluding carboxylic acids is 3. The lowest BCUT2D eigenvalue weighted by Gasteiger charge is -2.18. The molecule has 0 radical (unpaired) electrons. The lowest BCUT2D eigenvalue weighted by Crippen LogP contribution is -2.33. The number of halogens is 1. The minimum absolute atomic E-state index is 0.0976. The Labute approximate surface area is 144 Å². The maximum atomic E-state index is 12.3. The molecule has 1 aliphatic rings. The van der Waals surface area contributed by atoms with Gasteiger partial charge in [0.1, 0.15) is 0 Å². The van der Waals surface area contributed by atoms with Gasteiger partial charge in [0.15, 0.2) is 0 Å². The van der Waals surface area contributed by atoms with Gasteiger partial charge in [-0.25, -0.2) is 9.59 Å². The zero-order valence-corrected chi connectivity index (χ0v) is 14.3. The minimum Gasteiger partial charge on any atom is -0.469 e. The summed E-state index contributed by atoms with van der Waals surface area (Å²) in [5.41, 5.74) is 0.713. The molecule has 0 spiro atoms. The van der Waals surface area contributed by atoms with Crippen molar-refractivity contribution in [2.24, 2.45) is 5.92 Å². The number of hydrogen-bond acceptors (Lipinski definition) is 5. The second kappa shape index (κ2) is 8.01. The Morgan fingerprint density at radius 3 is 2.67 bits per heavy atom. The molecule has 1 unspecified atom stereocenters. The molecule has 1 N–H and O–H groups in total. The monoisotopic (exact) mass is 354 g/mol. The normalized spacial score (nSPS) is 16.6. The van der Waals surface area contributed by atoms with Gasteiger partial charge in [0, 0.05) is 13.1 Å². The summed E-state index contributed by atoms with van der Waals surface area (Å²) in [6.07, 6.45) is 1.05. The van der Waals surface area contributed by atoms with Gasteiger partial charge in [-0.2, -0.15) is 0 Å². The van der Waals surface area contributed by atoms with Crippen molar-refractivity contribution in [2.45, 2.75) is 12.8 Å². The van der Waals surface area contributed by atoms with Crippen LogP contribution < -0.4 is 5.32 Å². The van der Waals surface area contributed by atoms with Crippen LogP contribution in [0, 0.1) is 5.92 Å². The number of likely N-dealkylation sites (tertiary alicyclic amines) is 1. The molecule has 24 heavy (non-hydrogen) atoms. The van der Waals surface area contributed by atoms with Crippen molar-refractivity contribution in [2.75, 3.05) is 32.6 Å². The number of rotatable bonds is 4. The smallest absolute Gasteiger partial charge is 0.337 e. The number of carbonyl (C=O) groups is 3. The average molecular weight is 355 g/mol. The maximum absolute atomic E-state index is 12.3. The number of benzene rings is 1. The quantitative estimate of drug-likeness (QED) is 0.840. The highest BCUT2D eigenvalue weighted by atomic mass is 35.5. The highest BCUT2D eigenvalue weighted by molar-refractivity contribution is 6.34. The molecule has 0 saturated carbocycles. The number of ether oxygens (including phenoxy) is 2. The van der Waals surface area contributed by atoms with Crippen LogP contribution in [0.3, 0.4) is 0 Å². The van der Waals surface area contributed by atoms with E-state index in [-0.39, 0.29) is 22.9 Å². The summed E-state index contributed by atoms with van der Waals surface area (Å²) < 4.78 is 9.26. The molecule has 7 nitrogen and oxygen atoms in total. The van der Waals surface area contributed by atoms with Gasteiger partial charge in [-0.05, 0) is 30.5 Å². The predicted octanol–water partition coefficient (Wildman–Crippen LogP) is 2.54. The van der Waals surface area contributed by atoms with E-state index in [2.05, 4.69) is 14.8 Å². The first-order valence-electron chi connectivity index (χ1n) is 7.45. The molecule has 1 saturated heterocycles. The summed E-state index contributed by atoms with van der Waals surface area (Å²) in [6, 6.07) is 4.22. The summed E-state index contributed by atoms with van der Waals surface area (Å²) in [7, 11) is 2.63. The fraction of sp³-hybridized carbons (Fsp3) is 0.438. The molecule has 8 heteroatoms. The van der Waals surface area contributed by atoms with Gasteiger partial charge in [0.2, 0.25) is 0 Å². The Hall–Kier alpha value is -2.28. The van der Waals surface area contributed by atoms with Gasteiger partial charge in [-0.15, -0.1) is 0 Å². The molecule has 1 fully saturated rings. The van der Waals surface area contributed by atoms with Crippen LogP contribution >= 0.6 is 11.6 Å². The Kier molecular flexibility index (Phi) is 6.03. The van der Waals surface area contributed by atoms with Gasteiger partial charge in [0.25, 0.3) is 0 Å². The third-order valence-electron chi connectivity index (χ3n) is 3.89. The predicted molar refractivity (Wildman–Crippen MR) is 88.1 cm³/mol. The number of methoxy groups -OCH3 is 2. The summed E-state index contributed by atoms with van der Waals surface area (Å²) >= 11 is 6.10. The molecule has 1 heterocycles. The zero-order chi connectivity index (χ0) is 17.7. The van der Waals surface area contributed by atoms with Crippen molar-refractivity contribution >= 4 is 35.3 Å². The highest BCUT2D eigenvalue weighted by Crippen LogP contribution is 2.25. The maximum Gasteiger partial charge on any atom is 0.337 e. The van der Waals surface area contributed by atoms with Crippen LogP contribution in [0.1, 0.15) is 23.2 Å². The summed E-state index contributed by atoms with van der Waals surface area (Å²) in [6.45, 7) is 1.05. The molecular formula is C16H19ClN2O5. The lowest BCUT2D eigenvalue weighted by molar-refractivity contribution is -0.141.